The van der Waals surface area contributed by atoms with Gasteiger partial charge in [-0.2, -0.15) is 0 Å². The number of nitrogens with zero attached hydrogens (tertiary/aromatic N) is 2. The van der Waals surface area contributed by atoms with Crippen LogP contribution in [0.15, 0.2) is 0 Å². The van der Waals surface area contributed by atoms with E-state index in [0.29, 0.717) is 29.5 Å². The topological polar surface area (TPSA) is 71.7 Å². The quantitative estimate of drug-likeness (QED) is 0.349. The molecule has 5 fully saturated rings. The van der Waals surface area contributed by atoms with Gasteiger partial charge in [0.2, 0.25) is 5.91 Å². The fourth-order valence-corrected chi connectivity index (χ4v) is 9.47. The monoisotopic (exact) mass is 576 g/mol. The van der Waals surface area contributed by atoms with Crippen LogP contribution in [0, 0.1) is 28.6 Å². The maximum atomic E-state index is 13.9. The number of fused-ring (bicyclic) bond motifs is 6. The van der Waals surface area contributed by atoms with Crippen molar-refractivity contribution >= 4 is 17.9 Å². The van der Waals surface area contributed by atoms with Crippen LogP contribution in [-0.4, -0.2) is 71.3 Å². The van der Waals surface area contributed by atoms with Crippen molar-refractivity contribution < 1.29 is 4.79 Å². The van der Waals surface area contributed by atoms with Crippen molar-refractivity contribution in [3.8, 4) is 0 Å². The number of piperidine rings is 2. The number of hydrogen-bond donors (Lipinski definition) is 4. The molecule has 7 nitrogen and oxygen atoms in total. The van der Waals surface area contributed by atoms with Gasteiger partial charge >= 0.3 is 0 Å². The standard InChI is InChI=1S/C32H60N6OS/c1-30(2,3)16-15-24-29(39)37(21-31(24,4)5)26-14-13-23-19-34-40-27-12-8-11-25(35-27)33-17-9-10-22-18-32(6,7)38(20-22)28(23)36-26/h22-28,33-36H,8-21H2,1-7H3/t22-,23?,24?,25?,26?,27?,28?/m0/s1. The molecule has 4 bridgehead atoms. The first-order valence-corrected chi connectivity index (χ1v) is 17.4. The largest absolute Gasteiger partial charge is 0.326 e. The van der Waals surface area contributed by atoms with E-state index < -0.39 is 0 Å². The smallest absolute Gasteiger partial charge is 0.227 e. The number of nitrogens with one attached hydrogen (secondary N) is 4. The Labute approximate surface area is 249 Å². The molecule has 0 radical (unpaired) electrons. The molecule has 0 saturated carbocycles. The van der Waals surface area contributed by atoms with Crippen LogP contribution in [0.2, 0.25) is 0 Å². The molecule has 4 N–H and O–H groups in total. The Morgan fingerprint density at radius 3 is 2.58 bits per heavy atom. The van der Waals surface area contributed by atoms with Crippen molar-refractivity contribution in [3.05, 3.63) is 0 Å². The van der Waals surface area contributed by atoms with Gasteiger partial charge in [0, 0.05) is 37.0 Å². The van der Waals surface area contributed by atoms with Crippen LogP contribution in [0.25, 0.3) is 0 Å². The normalized spacial score (nSPS) is 40.8. The van der Waals surface area contributed by atoms with Gasteiger partial charge in [0.15, 0.2) is 0 Å². The lowest BCUT2D eigenvalue weighted by Crippen LogP contribution is -2.65. The molecule has 230 valence electrons. The third-order valence-corrected chi connectivity index (χ3v) is 11.7. The van der Waals surface area contributed by atoms with Crippen molar-refractivity contribution in [2.75, 3.05) is 26.2 Å². The summed E-state index contributed by atoms with van der Waals surface area (Å²) in [5, 5.41) is 12.2. The molecule has 5 rings (SSSR count). The minimum atomic E-state index is 0.0255. The van der Waals surface area contributed by atoms with Crippen molar-refractivity contribution in [2.24, 2.45) is 28.6 Å². The molecular formula is C32H60N6OS. The molecule has 1 amide bonds. The zero-order valence-corrected chi connectivity index (χ0v) is 27.5. The lowest BCUT2D eigenvalue weighted by atomic mass is 9.76. The first kappa shape index (κ1) is 31.1. The Balaban J connectivity index is 1.32. The average Bonchev–Trinajstić information content (AvgIpc) is 3.30. The number of carbonyl (C=O) groups is 1. The summed E-state index contributed by atoms with van der Waals surface area (Å²) in [6.45, 7) is 20.6. The summed E-state index contributed by atoms with van der Waals surface area (Å²) in [6, 6.07) is 0. The molecule has 0 aliphatic carbocycles. The van der Waals surface area contributed by atoms with Gasteiger partial charge in [-0.25, -0.2) is 0 Å². The van der Waals surface area contributed by atoms with Gasteiger partial charge in [-0.1, -0.05) is 46.6 Å². The van der Waals surface area contributed by atoms with E-state index in [4.69, 9.17) is 0 Å². The van der Waals surface area contributed by atoms with E-state index in [-0.39, 0.29) is 28.5 Å². The molecule has 0 aromatic heterocycles. The minimum Gasteiger partial charge on any atom is -0.326 e. The Morgan fingerprint density at radius 2 is 1.80 bits per heavy atom. The lowest BCUT2D eigenvalue weighted by Gasteiger charge is -2.49. The summed E-state index contributed by atoms with van der Waals surface area (Å²) in [7, 11) is 0. The fourth-order valence-electron chi connectivity index (χ4n) is 8.44. The van der Waals surface area contributed by atoms with E-state index in [9.17, 15) is 4.79 Å². The summed E-state index contributed by atoms with van der Waals surface area (Å²) < 4.78 is 3.82. The van der Waals surface area contributed by atoms with Gasteiger partial charge in [-0.15, -0.1) is 0 Å². The van der Waals surface area contributed by atoms with Crippen LogP contribution in [0.5, 0.6) is 0 Å². The predicted octanol–water partition coefficient (Wildman–Crippen LogP) is 5.10. The Bertz CT molecular complexity index is 874. The van der Waals surface area contributed by atoms with Crippen LogP contribution in [-0.2, 0) is 4.79 Å². The van der Waals surface area contributed by atoms with Crippen molar-refractivity contribution in [3.63, 3.8) is 0 Å². The predicted molar refractivity (Wildman–Crippen MR) is 167 cm³/mol. The number of rotatable bonds is 3. The minimum absolute atomic E-state index is 0.0255. The SMILES string of the molecule is CC(C)(C)CCC1C(=O)N(C2CCC3CNSC4CCCC(NCCC[C@@H]5CN(C3N2)C(C)(C)C5)N4)CC1(C)C. The van der Waals surface area contributed by atoms with Gasteiger partial charge in [0.05, 0.1) is 23.9 Å². The third kappa shape index (κ3) is 7.21. The summed E-state index contributed by atoms with van der Waals surface area (Å²) in [6.07, 6.45) is 12.8. The van der Waals surface area contributed by atoms with Gasteiger partial charge in [0.1, 0.15) is 0 Å². The van der Waals surface area contributed by atoms with Crippen molar-refractivity contribution in [2.45, 2.75) is 142 Å². The summed E-state index contributed by atoms with van der Waals surface area (Å²) in [4.78, 5) is 19.0. The highest BCUT2D eigenvalue weighted by Gasteiger charge is 2.51. The second-order valence-corrected chi connectivity index (χ2v) is 17.4. The fraction of sp³-hybridized carbons (Fsp3) is 0.969. The van der Waals surface area contributed by atoms with Gasteiger partial charge in [-0.05, 0) is 101 Å². The van der Waals surface area contributed by atoms with Crippen LogP contribution in [0.1, 0.15) is 113 Å². The molecule has 5 heterocycles. The highest BCUT2D eigenvalue weighted by molar-refractivity contribution is 7.98. The van der Waals surface area contributed by atoms with E-state index in [0.717, 1.165) is 51.2 Å². The van der Waals surface area contributed by atoms with Gasteiger partial charge < -0.3 is 10.2 Å². The van der Waals surface area contributed by atoms with E-state index >= 15 is 0 Å². The molecule has 7 unspecified atom stereocenters. The first-order chi connectivity index (χ1) is 18.8. The molecule has 8 atom stereocenters. The maximum absolute atomic E-state index is 13.9. The molecular weight excluding hydrogens is 516 g/mol. The van der Waals surface area contributed by atoms with E-state index in [1.54, 1.807) is 0 Å². The molecule has 0 spiro atoms. The highest BCUT2D eigenvalue weighted by Crippen LogP contribution is 2.44. The average molecular weight is 577 g/mol. The first-order valence-electron chi connectivity index (χ1n) is 16.5. The molecule has 8 heteroatoms. The van der Waals surface area contributed by atoms with Gasteiger partial charge in [0.25, 0.3) is 0 Å². The van der Waals surface area contributed by atoms with Crippen molar-refractivity contribution in [1.82, 2.24) is 30.5 Å². The molecule has 5 aliphatic heterocycles. The molecule has 0 aromatic rings. The lowest BCUT2D eigenvalue weighted by molar-refractivity contribution is -0.136. The number of amides is 1. The van der Waals surface area contributed by atoms with Crippen molar-refractivity contribution in [1.29, 1.82) is 0 Å². The summed E-state index contributed by atoms with van der Waals surface area (Å²) >= 11 is 1.91. The van der Waals surface area contributed by atoms with Crippen LogP contribution >= 0.6 is 11.9 Å². The van der Waals surface area contributed by atoms with Crippen LogP contribution in [0.4, 0.5) is 0 Å². The van der Waals surface area contributed by atoms with E-state index in [1.165, 1.54) is 45.1 Å². The summed E-state index contributed by atoms with van der Waals surface area (Å²) in [5.74, 6) is 1.80. The molecule has 40 heavy (non-hydrogen) atoms. The Kier molecular flexibility index (Phi) is 9.56. The Hall–Kier alpha value is -0.380. The summed E-state index contributed by atoms with van der Waals surface area (Å²) in [5.41, 5.74) is 0.455. The zero-order valence-electron chi connectivity index (χ0n) is 26.7. The highest BCUT2D eigenvalue weighted by atomic mass is 32.2. The number of hydrogen-bond acceptors (Lipinski definition) is 7. The second-order valence-electron chi connectivity index (χ2n) is 16.3. The zero-order chi connectivity index (χ0) is 28.7. The van der Waals surface area contributed by atoms with Gasteiger partial charge in [-0.3, -0.25) is 25.1 Å². The molecule has 0 aromatic carbocycles. The van der Waals surface area contributed by atoms with E-state index in [1.807, 2.05) is 11.9 Å². The molecule has 5 aliphatic rings. The number of carbonyl (C=O) groups excluding carboxylic acids is 1. The van der Waals surface area contributed by atoms with Crippen LogP contribution < -0.4 is 20.7 Å². The molecule has 5 saturated heterocycles. The third-order valence-electron chi connectivity index (χ3n) is 10.7. The maximum Gasteiger partial charge on any atom is 0.227 e. The van der Waals surface area contributed by atoms with Crippen LogP contribution in [0.3, 0.4) is 0 Å². The second kappa shape index (κ2) is 12.3. The van der Waals surface area contributed by atoms with E-state index in [2.05, 4.69) is 78.9 Å². The number of likely N-dealkylation sites (tertiary alicyclic amines) is 1. The Morgan fingerprint density at radius 1 is 1.00 bits per heavy atom.